The summed E-state index contributed by atoms with van der Waals surface area (Å²) in [6, 6.07) is 15.2. The summed E-state index contributed by atoms with van der Waals surface area (Å²) in [5, 5.41) is 4.80. The van der Waals surface area contributed by atoms with E-state index in [1.54, 1.807) is 29.4 Å². The first-order valence-electron chi connectivity index (χ1n) is 8.82. The lowest BCUT2D eigenvalue weighted by atomic mass is 10.1. The highest BCUT2D eigenvalue weighted by atomic mass is 16.2. The zero-order valence-corrected chi connectivity index (χ0v) is 14.7. The quantitative estimate of drug-likeness (QED) is 0.706. The van der Waals surface area contributed by atoms with Crippen molar-refractivity contribution in [2.45, 2.75) is 0 Å². The third-order valence-electron chi connectivity index (χ3n) is 4.60. The second-order valence-electron chi connectivity index (χ2n) is 6.34. The minimum Gasteiger partial charge on any atom is -0.337 e. The Kier molecular flexibility index (Phi) is 4.65. The van der Waals surface area contributed by atoms with Gasteiger partial charge in [-0.25, -0.2) is 9.97 Å². The number of benzene rings is 2. The van der Waals surface area contributed by atoms with E-state index in [-0.39, 0.29) is 0 Å². The fourth-order valence-electron chi connectivity index (χ4n) is 3.16. The number of amides is 2. The lowest BCUT2D eigenvalue weighted by Gasteiger charge is -2.34. The van der Waals surface area contributed by atoms with Gasteiger partial charge in [0.1, 0.15) is 0 Å². The second kappa shape index (κ2) is 7.41. The summed E-state index contributed by atoms with van der Waals surface area (Å²) in [5.74, 6) is -0.489. The molecule has 2 aromatic carbocycles. The number of nitrogens with one attached hydrogen (secondary N) is 1. The molecule has 1 aliphatic heterocycles. The fraction of sp³-hybridized carbons (Fsp3) is 0.200. The molecule has 1 saturated heterocycles. The molecular weight excluding hydrogens is 342 g/mol. The fourth-order valence-corrected chi connectivity index (χ4v) is 3.16. The summed E-state index contributed by atoms with van der Waals surface area (Å²) >= 11 is 0. The number of nitrogens with zero attached hydrogens (tertiary/aromatic N) is 4. The zero-order chi connectivity index (χ0) is 18.6. The van der Waals surface area contributed by atoms with E-state index in [2.05, 4.69) is 15.3 Å². The highest BCUT2D eigenvalue weighted by Crippen LogP contribution is 2.19. The predicted octanol–water partition coefficient (Wildman–Crippen LogP) is 1.92. The summed E-state index contributed by atoms with van der Waals surface area (Å²) in [6.07, 6.45) is 3.38. The number of rotatable bonds is 2. The monoisotopic (exact) mass is 361 g/mol. The van der Waals surface area contributed by atoms with Crippen molar-refractivity contribution in [2.75, 3.05) is 36.4 Å². The van der Waals surface area contributed by atoms with Gasteiger partial charge in [-0.3, -0.25) is 9.59 Å². The Balaban J connectivity index is 1.37. The molecule has 0 unspecified atom stereocenters. The molecule has 1 fully saturated rings. The maximum absolute atomic E-state index is 12.5. The molecule has 1 aromatic heterocycles. The van der Waals surface area contributed by atoms with Crippen LogP contribution in [-0.4, -0.2) is 52.9 Å². The number of hydrogen-bond acceptors (Lipinski definition) is 5. The summed E-state index contributed by atoms with van der Waals surface area (Å²) in [4.78, 5) is 36.8. The van der Waals surface area contributed by atoms with Gasteiger partial charge in [0.25, 0.3) is 0 Å². The van der Waals surface area contributed by atoms with Gasteiger partial charge in [0.05, 0.1) is 0 Å². The van der Waals surface area contributed by atoms with E-state index >= 15 is 0 Å². The molecule has 2 amide bonds. The van der Waals surface area contributed by atoms with Crippen molar-refractivity contribution in [3.05, 3.63) is 60.9 Å². The van der Waals surface area contributed by atoms with Crippen LogP contribution in [0.1, 0.15) is 0 Å². The Hall–Kier alpha value is -3.48. The summed E-state index contributed by atoms with van der Waals surface area (Å²) in [6.45, 7) is 2.11. The van der Waals surface area contributed by atoms with Crippen molar-refractivity contribution in [3.8, 4) is 0 Å². The molecule has 3 aromatic rings. The molecule has 2 heterocycles. The SMILES string of the molecule is O=C(Nc1ccc2ccccc2c1)C(=O)N1CCN(c2ncccn2)CC1. The number of anilines is 2. The molecule has 1 aliphatic rings. The predicted molar refractivity (Wildman–Crippen MR) is 103 cm³/mol. The van der Waals surface area contributed by atoms with Gasteiger partial charge in [-0.15, -0.1) is 0 Å². The number of hydrogen-bond donors (Lipinski definition) is 1. The summed E-state index contributed by atoms with van der Waals surface area (Å²) in [7, 11) is 0. The normalized spacial score (nSPS) is 14.2. The molecule has 0 bridgehead atoms. The molecular formula is C20H19N5O2. The van der Waals surface area contributed by atoms with Crippen LogP contribution in [0.4, 0.5) is 11.6 Å². The molecule has 7 nitrogen and oxygen atoms in total. The van der Waals surface area contributed by atoms with Crippen LogP contribution in [0.3, 0.4) is 0 Å². The van der Waals surface area contributed by atoms with E-state index in [0.29, 0.717) is 37.8 Å². The minimum atomic E-state index is -0.616. The number of carbonyl (C=O) groups excluding carboxylic acids is 2. The van der Waals surface area contributed by atoms with Crippen LogP contribution in [-0.2, 0) is 9.59 Å². The Morgan fingerprint density at radius 3 is 2.30 bits per heavy atom. The van der Waals surface area contributed by atoms with Gasteiger partial charge in [-0.2, -0.15) is 0 Å². The number of fused-ring (bicyclic) bond motifs is 1. The van der Waals surface area contributed by atoms with Crippen molar-refractivity contribution in [3.63, 3.8) is 0 Å². The topological polar surface area (TPSA) is 78.4 Å². The van der Waals surface area contributed by atoms with Crippen LogP contribution in [0.5, 0.6) is 0 Å². The number of aromatic nitrogens is 2. The maximum Gasteiger partial charge on any atom is 0.313 e. The molecule has 136 valence electrons. The highest BCUT2D eigenvalue weighted by molar-refractivity contribution is 6.39. The van der Waals surface area contributed by atoms with Gasteiger partial charge in [-0.05, 0) is 29.0 Å². The van der Waals surface area contributed by atoms with Crippen molar-refractivity contribution in [2.24, 2.45) is 0 Å². The summed E-state index contributed by atoms with van der Waals surface area (Å²) < 4.78 is 0. The minimum absolute atomic E-state index is 0.461. The van der Waals surface area contributed by atoms with Crippen molar-refractivity contribution >= 4 is 34.2 Å². The van der Waals surface area contributed by atoms with Gasteiger partial charge in [0.2, 0.25) is 5.95 Å². The number of carbonyl (C=O) groups is 2. The van der Waals surface area contributed by atoms with E-state index in [1.165, 1.54) is 0 Å². The average Bonchev–Trinajstić information content (AvgIpc) is 2.74. The molecule has 4 rings (SSSR count). The van der Waals surface area contributed by atoms with E-state index in [9.17, 15) is 9.59 Å². The van der Waals surface area contributed by atoms with E-state index in [1.807, 2.05) is 41.3 Å². The average molecular weight is 361 g/mol. The zero-order valence-electron chi connectivity index (χ0n) is 14.7. The highest BCUT2D eigenvalue weighted by Gasteiger charge is 2.26. The van der Waals surface area contributed by atoms with Crippen LogP contribution >= 0.6 is 0 Å². The standard InChI is InChI=1S/C20H19N5O2/c26-18(23-17-7-6-15-4-1-2-5-16(15)14-17)19(27)24-10-12-25(13-11-24)20-21-8-3-9-22-20/h1-9,14H,10-13H2,(H,23,26). The Labute approximate surface area is 156 Å². The molecule has 27 heavy (non-hydrogen) atoms. The van der Waals surface area contributed by atoms with Crippen LogP contribution in [0.2, 0.25) is 0 Å². The van der Waals surface area contributed by atoms with Gasteiger partial charge in [0.15, 0.2) is 0 Å². The van der Waals surface area contributed by atoms with Crippen LogP contribution in [0.25, 0.3) is 10.8 Å². The first-order chi connectivity index (χ1) is 13.2. The summed E-state index contributed by atoms with van der Waals surface area (Å²) in [5.41, 5.74) is 0.614. The first kappa shape index (κ1) is 17.0. The largest absolute Gasteiger partial charge is 0.337 e. The number of piperazine rings is 1. The Morgan fingerprint density at radius 1 is 0.852 bits per heavy atom. The Bertz CT molecular complexity index is 968. The maximum atomic E-state index is 12.5. The molecule has 0 radical (unpaired) electrons. The van der Waals surface area contributed by atoms with Crippen LogP contribution < -0.4 is 10.2 Å². The molecule has 0 saturated carbocycles. The third kappa shape index (κ3) is 3.72. The molecule has 0 aliphatic carbocycles. The third-order valence-corrected chi connectivity index (χ3v) is 4.60. The van der Waals surface area contributed by atoms with E-state index < -0.39 is 11.8 Å². The van der Waals surface area contributed by atoms with Crippen molar-refractivity contribution < 1.29 is 9.59 Å². The molecule has 0 atom stereocenters. The lowest BCUT2D eigenvalue weighted by Crippen LogP contribution is -2.52. The van der Waals surface area contributed by atoms with Gasteiger partial charge in [0, 0.05) is 44.3 Å². The van der Waals surface area contributed by atoms with Gasteiger partial charge >= 0.3 is 11.8 Å². The van der Waals surface area contributed by atoms with E-state index in [4.69, 9.17) is 0 Å². The molecule has 7 heteroatoms. The van der Waals surface area contributed by atoms with Crippen LogP contribution in [0.15, 0.2) is 60.9 Å². The van der Waals surface area contributed by atoms with Gasteiger partial charge < -0.3 is 15.1 Å². The second-order valence-corrected chi connectivity index (χ2v) is 6.34. The van der Waals surface area contributed by atoms with Crippen molar-refractivity contribution in [1.82, 2.24) is 14.9 Å². The van der Waals surface area contributed by atoms with Gasteiger partial charge in [-0.1, -0.05) is 30.3 Å². The van der Waals surface area contributed by atoms with Crippen molar-refractivity contribution in [1.29, 1.82) is 0 Å². The smallest absolute Gasteiger partial charge is 0.313 e. The molecule has 1 N–H and O–H groups in total. The van der Waals surface area contributed by atoms with Crippen LogP contribution in [0, 0.1) is 0 Å². The lowest BCUT2D eigenvalue weighted by molar-refractivity contribution is -0.143. The Morgan fingerprint density at radius 2 is 1.56 bits per heavy atom. The molecule has 0 spiro atoms. The first-order valence-corrected chi connectivity index (χ1v) is 8.82. The van der Waals surface area contributed by atoms with E-state index in [0.717, 1.165) is 10.8 Å².